The molecule has 0 saturated heterocycles. The molecule has 6 heteroatoms. The number of nitrogens with one attached hydrogen (secondary N) is 1. The first kappa shape index (κ1) is 16.7. The van der Waals surface area contributed by atoms with Crippen molar-refractivity contribution < 1.29 is 14.0 Å². The highest BCUT2D eigenvalue weighted by atomic mass is 19.1. The van der Waals surface area contributed by atoms with Gasteiger partial charge in [0, 0.05) is 29.9 Å². The summed E-state index contributed by atoms with van der Waals surface area (Å²) < 4.78 is 14.5. The van der Waals surface area contributed by atoms with Gasteiger partial charge in [0.1, 0.15) is 5.82 Å². The van der Waals surface area contributed by atoms with E-state index in [9.17, 15) is 14.0 Å². The van der Waals surface area contributed by atoms with Crippen LogP contribution in [0, 0.1) is 5.82 Å². The van der Waals surface area contributed by atoms with E-state index >= 15 is 0 Å². The maximum Gasteiger partial charge on any atom is 0.253 e. The zero-order chi connectivity index (χ0) is 18.1. The minimum Gasteiger partial charge on any atom is -0.343 e. The van der Waals surface area contributed by atoms with E-state index in [2.05, 4.69) is 10.3 Å². The van der Waals surface area contributed by atoms with E-state index in [1.165, 1.54) is 12.3 Å². The van der Waals surface area contributed by atoms with Crippen LogP contribution in [0.25, 0.3) is 0 Å². The van der Waals surface area contributed by atoms with Crippen molar-refractivity contribution in [2.24, 2.45) is 0 Å². The number of pyridine rings is 1. The van der Waals surface area contributed by atoms with Gasteiger partial charge >= 0.3 is 0 Å². The molecule has 1 aliphatic carbocycles. The van der Waals surface area contributed by atoms with Crippen LogP contribution in [0.4, 0.5) is 10.1 Å². The number of halogens is 1. The molecule has 0 unspecified atom stereocenters. The maximum atomic E-state index is 14.5. The molecule has 1 aromatic carbocycles. The molecule has 0 bridgehead atoms. The van der Waals surface area contributed by atoms with Gasteiger partial charge in [0.05, 0.1) is 17.8 Å². The molecule has 2 amide bonds. The third kappa shape index (κ3) is 2.75. The summed E-state index contributed by atoms with van der Waals surface area (Å²) in [5.74, 6) is -0.808. The number of rotatable bonds is 3. The van der Waals surface area contributed by atoms with Crippen molar-refractivity contribution in [3.63, 3.8) is 0 Å². The van der Waals surface area contributed by atoms with Crippen molar-refractivity contribution in [2.75, 3.05) is 18.0 Å². The fourth-order valence-corrected chi connectivity index (χ4v) is 4.26. The zero-order valence-electron chi connectivity index (χ0n) is 14.4. The van der Waals surface area contributed by atoms with Gasteiger partial charge < -0.3 is 10.2 Å². The molecular formula is C20H20FN3O2. The van der Waals surface area contributed by atoms with Gasteiger partial charge in [-0.1, -0.05) is 18.9 Å². The number of carbonyl (C=O) groups is 2. The number of hydrogen-bond donors (Lipinski definition) is 1. The van der Waals surface area contributed by atoms with Crippen molar-refractivity contribution in [3.8, 4) is 0 Å². The van der Waals surface area contributed by atoms with Crippen molar-refractivity contribution in [1.82, 2.24) is 10.3 Å². The summed E-state index contributed by atoms with van der Waals surface area (Å²) in [7, 11) is 0. The lowest BCUT2D eigenvalue weighted by Crippen LogP contribution is -2.42. The summed E-state index contributed by atoms with van der Waals surface area (Å²) in [4.78, 5) is 30.4. The largest absolute Gasteiger partial charge is 0.343 e. The lowest BCUT2D eigenvalue weighted by atomic mass is 9.80. The first-order chi connectivity index (χ1) is 12.6. The van der Waals surface area contributed by atoms with Gasteiger partial charge in [0.15, 0.2) is 0 Å². The molecule has 134 valence electrons. The Morgan fingerprint density at radius 2 is 2.00 bits per heavy atom. The highest BCUT2D eigenvalue weighted by molar-refractivity contribution is 6.01. The monoisotopic (exact) mass is 353 g/mol. The summed E-state index contributed by atoms with van der Waals surface area (Å²) in [5.41, 5.74) is 1.45. The Kier molecular flexibility index (Phi) is 4.18. The molecule has 5 nitrogen and oxygen atoms in total. The van der Waals surface area contributed by atoms with Gasteiger partial charge in [-0.3, -0.25) is 14.6 Å². The molecule has 0 atom stereocenters. The van der Waals surface area contributed by atoms with E-state index in [0.717, 1.165) is 25.7 Å². The van der Waals surface area contributed by atoms with Gasteiger partial charge in [-0.2, -0.15) is 0 Å². The van der Waals surface area contributed by atoms with Crippen LogP contribution < -0.4 is 10.2 Å². The standard InChI is InChI=1S/C20H20FN3O2/c21-15-6-3-7-16-18(15)20(8-1-2-9-20)13-24(16)17(25)12-23-19(26)14-5-4-10-22-11-14/h3-7,10-11H,1-2,8-9,12-13H2,(H,23,26). The van der Waals surface area contributed by atoms with Crippen molar-refractivity contribution in [2.45, 2.75) is 31.1 Å². The number of amides is 2. The molecule has 1 spiro atoms. The van der Waals surface area contributed by atoms with Gasteiger partial charge in [-0.05, 0) is 37.1 Å². The summed E-state index contributed by atoms with van der Waals surface area (Å²) in [6.07, 6.45) is 6.92. The van der Waals surface area contributed by atoms with Crippen molar-refractivity contribution in [1.29, 1.82) is 0 Å². The van der Waals surface area contributed by atoms with Crippen molar-refractivity contribution >= 4 is 17.5 Å². The zero-order valence-corrected chi connectivity index (χ0v) is 14.4. The van der Waals surface area contributed by atoms with Gasteiger partial charge in [-0.15, -0.1) is 0 Å². The molecule has 1 fully saturated rings. The van der Waals surface area contributed by atoms with E-state index in [4.69, 9.17) is 0 Å². The van der Waals surface area contributed by atoms with Crippen LogP contribution in [-0.2, 0) is 10.2 Å². The van der Waals surface area contributed by atoms with Crippen LogP contribution in [-0.4, -0.2) is 29.9 Å². The second-order valence-corrected chi connectivity index (χ2v) is 7.03. The number of nitrogens with zero attached hydrogens (tertiary/aromatic N) is 2. The number of anilines is 1. The summed E-state index contributed by atoms with van der Waals surface area (Å²) in [6.45, 7) is 0.366. The lowest BCUT2D eigenvalue weighted by molar-refractivity contribution is -0.117. The maximum absolute atomic E-state index is 14.5. The molecule has 26 heavy (non-hydrogen) atoms. The molecule has 1 saturated carbocycles. The Morgan fingerprint density at radius 3 is 2.73 bits per heavy atom. The molecule has 0 radical (unpaired) electrons. The Balaban J connectivity index is 1.52. The van der Waals surface area contributed by atoms with E-state index in [1.54, 1.807) is 35.4 Å². The molecule has 4 rings (SSSR count). The minimum absolute atomic E-state index is 0.125. The number of benzene rings is 1. The Hall–Kier alpha value is -2.76. The number of hydrogen-bond acceptors (Lipinski definition) is 3. The van der Waals surface area contributed by atoms with E-state index in [0.29, 0.717) is 23.4 Å². The van der Waals surface area contributed by atoms with Crippen LogP contribution in [0.15, 0.2) is 42.7 Å². The summed E-state index contributed by atoms with van der Waals surface area (Å²) in [6, 6.07) is 8.21. The van der Waals surface area contributed by atoms with Crippen LogP contribution in [0.3, 0.4) is 0 Å². The average Bonchev–Trinajstić information content (AvgIpc) is 3.27. The Bertz CT molecular complexity index is 847. The van der Waals surface area contributed by atoms with Crippen molar-refractivity contribution in [3.05, 3.63) is 59.7 Å². The predicted octanol–water partition coefficient (Wildman–Crippen LogP) is 2.81. The SMILES string of the molecule is O=C(NCC(=O)N1CC2(CCCC2)c2c(F)cccc21)c1cccnc1. The summed E-state index contributed by atoms with van der Waals surface area (Å²) >= 11 is 0. The molecule has 2 heterocycles. The highest BCUT2D eigenvalue weighted by Gasteiger charge is 2.47. The molecular weight excluding hydrogens is 333 g/mol. The Labute approximate surface area is 151 Å². The molecule has 1 N–H and O–H groups in total. The van der Waals surface area contributed by atoms with Gasteiger partial charge in [-0.25, -0.2) is 4.39 Å². The third-order valence-corrected chi connectivity index (χ3v) is 5.46. The summed E-state index contributed by atoms with van der Waals surface area (Å²) in [5, 5.41) is 2.64. The molecule has 1 aliphatic heterocycles. The number of carbonyl (C=O) groups excluding carboxylic acids is 2. The first-order valence-electron chi connectivity index (χ1n) is 8.88. The fraction of sp³-hybridized carbons (Fsp3) is 0.350. The minimum atomic E-state index is -0.347. The highest BCUT2D eigenvalue weighted by Crippen LogP contribution is 2.51. The number of fused-ring (bicyclic) bond motifs is 2. The second kappa shape index (κ2) is 6.52. The Morgan fingerprint density at radius 1 is 1.19 bits per heavy atom. The van der Waals surface area contributed by atoms with E-state index in [1.807, 2.05) is 0 Å². The van der Waals surface area contributed by atoms with Crippen LogP contribution >= 0.6 is 0 Å². The van der Waals surface area contributed by atoms with Crippen LogP contribution in [0.1, 0.15) is 41.6 Å². The second-order valence-electron chi connectivity index (χ2n) is 7.03. The van der Waals surface area contributed by atoms with Crippen LogP contribution in [0.2, 0.25) is 0 Å². The van der Waals surface area contributed by atoms with Gasteiger partial charge in [0.2, 0.25) is 5.91 Å². The first-order valence-corrected chi connectivity index (χ1v) is 8.88. The topological polar surface area (TPSA) is 62.3 Å². The number of aromatic nitrogens is 1. The van der Waals surface area contributed by atoms with Crippen LogP contribution in [0.5, 0.6) is 0 Å². The molecule has 2 aliphatic rings. The lowest BCUT2D eigenvalue weighted by Gasteiger charge is -2.25. The molecule has 1 aromatic heterocycles. The normalized spacial score (nSPS) is 17.3. The quantitative estimate of drug-likeness (QED) is 0.923. The average molecular weight is 353 g/mol. The fourth-order valence-electron chi connectivity index (χ4n) is 4.26. The van der Waals surface area contributed by atoms with E-state index in [-0.39, 0.29) is 29.6 Å². The smallest absolute Gasteiger partial charge is 0.253 e. The molecule has 2 aromatic rings. The predicted molar refractivity (Wildman–Crippen MR) is 95.5 cm³/mol. The third-order valence-electron chi connectivity index (χ3n) is 5.46. The van der Waals surface area contributed by atoms with Gasteiger partial charge in [0.25, 0.3) is 5.91 Å². The van der Waals surface area contributed by atoms with E-state index < -0.39 is 0 Å².